The summed E-state index contributed by atoms with van der Waals surface area (Å²) in [5.41, 5.74) is 9.29. The fourth-order valence-corrected chi connectivity index (χ4v) is 4.02. The van der Waals surface area contributed by atoms with E-state index in [1.165, 1.54) is 24.3 Å². The van der Waals surface area contributed by atoms with Gasteiger partial charge in [-0.1, -0.05) is 17.7 Å². The van der Waals surface area contributed by atoms with Crippen LogP contribution < -0.4 is 5.73 Å². The van der Waals surface area contributed by atoms with E-state index < -0.39 is 10.1 Å². The number of rotatable bonds is 6. The van der Waals surface area contributed by atoms with E-state index in [1.54, 1.807) is 35.7 Å². The van der Waals surface area contributed by atoms with E-state index in [2.05, 4.69) is 15.1 Å². The Balaban J connectivity index is 1.55. The van der Waals surface area contributed by atoms with Crippen LogP contribution in [0.15, 0.2) is 53.4 Å². The maximum atomic E-state index is 13.2. The minimum atomic E-state index is -3.87. The third-order valence-electron chi connectivity index (χ3n) is 4.76. The lowest BCUT2D eigenvalue weighted by atomic mass is 10.1. The summed E-state index contributed by atoms with van der Waals surface area (Å²) in [5.74, 6) is 0.183. The van der Waals surface area contributed by atoms with Crippen LogP contribution in [0.5, 0.6) is 0 Å². The zero-order chi connectivity index (χ0) is 22.2. The van der Waals surface area contributed by atoms with Crippen LogP contribution in [-0.4, -0.2) is 34.6 Å². The number of nitrogen functional groups attached to an aromatic ring is 1. The van der Waals surface area contributed by atoms with Gasteiger partial charge in [0, 0.05) is 12.0 Å². The first-order valence-corrected chi connectivity index (χ1v) is 10.9. The van der Waals surface area contributed by atoms with Gasteiger partial charge in [-0.15, -0.1) is 0 Å². The number of fused-ring (bicyclic) bond motifs is 1. The quantitative estimate of drug-likeness (QED) is 0.458. The van der Waals surface area contributed by atoms with Gasteiger partial charge >= 0.3 is 0 Å². The van der Waals surface area contributed by atoms with Gasteiger partial charge in [0.1, 0.15) is 5.82 Å². The first-order chi connectivity index (χ1) is 14.7. The minimum Gasteiger partial charge on any atom is -0.381 e. The molecule has 2 aromatic heterocycles. The molecular weight excluding hydrogens is 421 g/mol. The van der Waals surface area contributed by atoms with Gasteiger partial charge in [-0.05, 0) is 50.2 Å². The van der Waals surface area contributed by atoms with Gasteiger partial charge in [-0.2, -0.15) is 13.5 Å². The summed E-state index contributed by atoms with van der Waals surface area (Å²) >= 11 is 0. The highest BCUT2D eigenvalue weighted by Crippen LogP contribution is 2.25. The average Bonchev–Trinajstić information content (AvgIpc) is 3.17. The Morgan fingerprint density at radius 2 is 1.71 bits per heavy atom. The van der Waals surface area contributed by atoms with Crippen molar-refractivity contribution >= 4 is 21.6 Å². The molecule has 4 rings (SSSR count). The second-order valence-electron chi connectivity index (χ2n) is 7.04. The number of aromatic nitrogens is 4. The van der Waals surface area contributed by atoms with Crippen molar-refractivity contribution in [1.82, 2.24) is 19.6 Å². The fraction of sp³-hybridized carbons (Fsp3) is 0.190. The number of anilines is 1. The first kappa shape index (κ1) is 20.9. The smallest absolute Gasteiger partial charge is 0.296 e. The molecule has 0 saturated heterocycles. The number of aryl methyl sites for hydroxylation is 2. The van der Waals surface area contributed by atoms with Crippen LogP contribution in [0.3, 0.4) is 0 Å². The average molecular weight is 441 g/mol. The summed E-state index contributed by atoms with van der Waals surface area (Å²) in [4.78, 5) is 8.83. The third kappa shape index (κ3) is 4.25. The van der Waals surface area contributed by atoms with Crippen LogP contribution in [0.4, 0.5) is 10.2 Å². The predicted molar refractivity (Wildman–Crippen MR) is 113 cm³/mol. The Hall–Kier alpha value is -3.37. The zero-order valence-electron chi connectivity index (χ0n) is 16.9. The second-order valence-corrected chi connectivity index (χ2v) is 8.66. The van der Waals surface area contributed by atoms with Crippen LogP contribution in [0.25, 0.3) is 16.9 Å². The van der Waals surface area contributed by atoms with Crippen molar-refractivity contribution in [2.24, 2.45) is 0 Å². The Morgan fingerprint density at radius 1 is 1.03 bits per heavy atom. The molecule has 4 aromatic rings. The number of halogens is 1. The van der Waals surface area contributed by atoms with Crippen molar-refractivity contribution in [3.05, 3.63) is 71.4 Å². The highest BCUT2D eigenvalue weighted by atomic mass is 32.2. The zero-order valence-corrected chi connectivity index (χ0v) is 17.7. The Bertz CT molecular complexity index is 1350. The van der Waals surface area contributed by atoms with Gasteiger partial charge in [0.15, 0.2) is 17.3 Å². The van der Waals surface area contributed by atoms with E-state index >= 15 is 0 Å². The van der Waals surface area contributed by atoms with Crippen molar-refractivity contribution in [3.8, 4) is 11.3 Å². The molecule has 2 N–H and O–H groups in total. The van der Waals surface area contributed by atoms with E-state index in [4.69, 9.17) is 9.92 Å². The summed E-state index contributed by atoms with van der Waals surface area (Å²) < 4.78 is 44.5. The Labute approximate surface area is 178 Å². The lowest BCUT2D eigenvalue weighted by molar-refractivity contribution is 0.319. The van der Waals surface area contributed by atoms with Crippen molar-refractivity contribution < 1.29 is 17.0 Å². The molecular formula is C21H20FN5O3S. The number of hydrogen-bond acceptors (Lipinski definition) is 7. The van der Waals surface area contributed by atoms with Crippen LogP contribution in [-0.2, 0) is 20.7 Å². The van der Waals surface area contributed by atoms with E-state index in [-0.39, 0.29) is 29.6 Å². The Morgan fingerprint density at radius 3 is 2.39 bits per heavy atom. The molecule has 160 valence electrons. The molecule has 31 heavy (non-hydrogen) atoms. The molecule has 0 fully saturated rings. The van der Waals surface area contributed by atoms with Gasteiger partial charge in [-0.25, -0.2) is 18.9 Å². The third-order valence-corrected chi connectivity index (χ3v) is 6.09. The highest BCUT2D eigenvalue weighted by Gasteiger charge is 2.18. The molecule has 0 amide bonds. The number of nitrogens with zero attached hydrogens (tertiary/aromatic N) is 4. The molecule has 0 atom stereocenters. The topological polar surface area (TPSA) is 112 Å². The molecule has 0 aliphatic rings. The normalized spacial score (nSPS) is 11.8. The van der Waals surface area contributed by atoms with E-state index in [9.17, 15) is 12.8 Å². The molecule has 0 bridgehead atoms. The van der Waals surface area contributed by atoms with Crippen LogP contribution in [0.1, 0.15) is 17.1 Å². The lowest BCUT2D eigenvalue weighted by Gasteiger charge is -2.08. The van der Waals surface area contributed by atoms with Gasteiger partial charge in [0.05, 0.1) is 22.9 Å². The Kier molecular flexibility index (Phi) is 5.42. The van der Waals surface area contributed by atoms with Gasteiger partial charge in [0.25, 0.3) is 10.1 Å². The van der Waals surface area contributed by atoms with E-state index in [0.717, 1.165) is 5.56 Å². The van der Waals surface area contributed by atoms with Gasteiger partial charge < -0.3 is 5.73 Å². The SMILES string of the molecule is Cc1ccc(S(=O)(=O)OCCc2nc3c(N)nc(-c4ccc(F)cc4)c(C)n3n2)cc1. The molecule has 0 aliphatic heterocycles. The fourth-order valence-electron chi connectivity index (χ4n) is 3.11. The van der Waals surface area contributed by atoms with Crippen molar-refractivity contribution in [2.75, 3.05) is 12.3 Å². The maximum absolute atomic E-state index is 13.2. The van der Waals surface area contributed by atoms with E-state index in [0.29, 0.717) is 28.4 Å². The van der Waals surface area contributed by atoms with Crippen LogP contribution in [0, 0.1) is 19.7 Å². The molecule has 10 heteroatoms. The molecule has 8 nitrogen and oxygen atoms in total. The second kappa shape index (κ2) is 8.05. The molecule has 2 aromatic carbocycles. The maximum Gasteiger partial charge on any atom is 0.296 e. The molecule has 0 spiro atoms. The summed E-state index contributed by atoms with van der Waals surface area (Å²) in [6.07, 6.45) is 0.164. The summed E-state index contributed by atoms with van der Waals surface area (Å²) in [6, 6.07) is 12.3. The number of hydrogen-bond donors (Lipinski definition) is 1. The highest BCUT2D eigenvalue weighted by molar-refractivity contribution is 7.86. The summed E-state index contributed by atoms with van der Waals surface area (Å²) in [7, 11) is -3.87. The summed E-state index contributed by atoms with van der Waals surface area (Å²) in [5, 5.41) is 4.42. The first-order valence-electron chi connectivity index (χ1n) is 9.48. The van der Waals surface area contributed by atoms with Crippen molar-refractivity contribution in [2.45, 2.75) is 25.2 Å². The lowest BCUT2D eigenvalue weighted by Crippen LogP contribution is -2.10. The molecule has 2 heterocycles. The molecule has 0 radical (unpaired) electrons. The molecule has 0 aliphatic carbocycles. The monoisotopic (exact) mass is 441 g/mol. The van der Waals surface area contributed by atoms with E-state index in [1.807, 2.05) is 6.92 Å². The minimum absolute atomic E-state index is 0.0919. The van der Waals surface area contributed by atoms with Gasteiger partial charge in [-0.3, -0.25) is 4.18 Å². The van der Waals surface area contributed by atoms with Gasteiger partial charge in [0.2, 0.25) is 0 Å². The number of benzene rings is 2. The molecule has 0 unspecified atom stereocenters. The summed E-state index contributed by atoms with van der Waals surface area (Å²) in [6.45, 7) is 3.55. The predicted octanol–water partition coefficient (Wildman–Crippen LogP) is 3.08. The van der Waals surface area contributed by atoms with Crippen LogP contribution in [0.2, 0.25) is 0 Å². The number of nitrogens with two attached hydrogens (primary N) is 1. The van der Waals surface area contributed by atoms with Crippen LogP contribution >= 0.6 is 0 Å². The molecule has 0 saturated carbocycles. The standard InChI is InChI=1S/C21H20FN5O3S/c1-13-3-9-17(10-4-13)31(28,29)30-12-11-18-24-21-20(23)25-19(14(2)27(21)26-18)15-5-7-16(22)8-6-15/h3-10H,11-12H2,1-2H3,(H2,23,25). The largest absolute Gasteiger partial charge is 0.381 e. The van der Waals surface area contributed by atoms with Crippen molar-refractivity contribution in [3.63, 3.8) is 0 Å². The van der Waals surface area contributed by atoms with Crippen molar-refractivity contribution in [1.29, 1.82) is 0 Å².